The molecule has 0 bridgehead atoms. The highest BCUT2D eigenvalue weighted by atomic mass is 35.5. The van der Waals surface area contributed by atoms with Gasteiger partial charge in [0.25, 0.3) is 5.91 Å². The SMILES string of the molecule is CC[NH+]1CCN(c2ccc(C(=O)OC)cc2NC(=O)c2ccccc2Cl)CC1. The molecule has 1 amide bonds. The zero-order valence-corrected chi connectivity index (χ0v) is 16.9. The van der Waals surface area contributed by atoms with Gasteiger partial charge in [-0.3, -0.25) is 4.79 Å². The molecular weight excluding hydrogens is 378 g/mol. The Morgan fingerprint density at radius 3 is 2.54 bits per heavy atom. The summed E-state index contributed by atoms with van der Waals surface area (Å²) in [5.74, 6) is -0.758. The van der Waals surface area contributed by atoms with Gasteiger partial charge in [-0.2, -0.15) is 0 Å². The van der Waals surface area contributed by atoms with E-state index in [-0.39, 0.29) is 5.91 Å². The van der Waals surface area contributed by atoms with E-state index >= 15 is 0 Å². The van der Waals surface area contributed by atoms with E-state index in [0.29, 0.717) is 21.8 Å². The van der Waals surface area contributed by atoms with Gasteiger partial charge in [0, 0.05) is 0 Å². The first-order chi connectivity index (χ1) is 13.5. The molecule has 6 nitrogen and oxygen atoms in total. The Kier molecular flexibility index (Phi) is 6.54. The third-order valence-corrected chi connectivity index (χ3v) is 5.43. The second kappa shape index (κ2) is 9.08. The first-order valence-corrected chi connectivity index (χ1v) is 9.78. The molecule has 1 aliphatic rings. The fourth-order valence-electron chi connectivity index (χ4n) is 3.41. The quantitative estimate of drug-likeness (QED) is 0.752. The van der Waals surface area contributed by atoms with Gasteiger partial charge in [0.1, 0.15) is 0 Å². The fourth-order valence-corrected chi connectivity index (χ4v) is 3.63. The molecule has 1 heterocycles. The Bertz CT molecular complexity index is 864. The highest BCUT2D eigenvalue weighted by Crippen LogP contribution is 2.29. The largest absolute Gasteiger partial charge is 0.465 e. The number of anilines is 2. The third-order valence-electron chi connectivity index (χ3n) is 5.10. The monoisotopic (exact) mass is 402 g/mol. The number of methoxy groups -OCH3 is 1. The van der Waals surface area contributed by atoms with Crippen LogP contribution < -0.4 is 15.1 Å². The first kappa shape index (κ1) is 20.2. The lowest BCUT2D eigenvalue weighted by molar-refractivity contribution is -0.898. The molecule has 0 aromatic heterocycles. The number of quaternary nitrogens is 1. The lowest BCUT2D eigenvalue weighted by atomic mass is 10.1. The standard InChI is InChI=1S/C21H24ClN3O3/c1-3-24-10-12-25(13-11-24)19-9-8-15(21(27)28-2)14-18(19)23-20(26)16-6-4-5-7-17(16)22/h4-9,14H,3,10-13H2,1-2H3,(H,23,26)/p+1. The molecule has 1 aliphatic heterocycles. The van der Waals surface area contributed by atoms with Crippen molar-refractivity contribution in [2.75, 3.05) is 50.1 Å². The summed E-state index contributed by atoms with van der Waals surface area (Å²) in [6.45, 7) is 7.13. The minimum Gasteiger partial charge on any atom is -0.465 e. The van der Waals surface area contributed by atoms with Crippen molar-refractivity contribution in [1.29, 1.82) is 0 Å². The van der Waals surface area contributed by atoms with Crippen LogP contribution in [0.1, 0.15) is 27.6 Å². The van der Waals surface area contributed by atoms with Gasteiger partial charge in [-0.15, -0.1) is 0 Å². The highest BCUT2D eigenvalue weighted by molar-refractivity contribution is 6.34. The number of ether oxygens (including phenoxy) is 1. The summed E-state index contributed by atoms with van der Waals surface area (Å²) in [6, 6.07) is 12.1. The predicted octanol–water partition coefficient (Wildman–Crippen LogP) is 2.10. The topological polar surface area (TPSA) is 63.1 Å². The lowest BCUT2D eigenvalue weighted by Crippen LogP contribution is -3.14. The molecule has 0 atom stereocenters. The van der Waals surface area contributed by atoms with Crippen LogP contribution in [0, 0.1) is 0 Å². The fraction of sp³-hybridized carbons (Fsp3) is 0.333. The van der Waals surface area contributed by atoms with E-state index in [4.69, 9.17) is 16.3 Å². The van der Waals surface area contributed by atoms with Crippen LogP contribution in [0.15, 0.2) is 42.5 Å². The molecule has 0 radical (unpaired) electrons. The zero-order chi connectivity index (χ0) is 20.1. The average molecular weight is 403 g/mol. The Labute approximate surface area is 170 Å². The lowest BCUT2D eigenvalue weighted by Gasteiger charge is -2.34. The van der Waals surface area contributed by atoms with Crippen LogP contribution in [-0.2, 0) is 4.74 Å². The number of likely N-dealkylation sites (N-methyl/N-ethyl adjacent to an activating group) is 1. The third kappa shape index (κ3) is 4.46. The highest BCUT2D eigenvalue weighted by Gasteiger charge is 2.23. The minimum atomic E-state index is -0.444. The number of esters is 1. The number of halogens is 1. The van der Waals surface area contributed by atoms with Gasteiger partial charge in [0.2, 0.25) is 0 Å². The summed E-state index contributed by atoms with van der Waals surface area (Å²) >= 11 is 6.16. The van der Waals surface area contributed by atoms with Gasteiger partial charge < -0.3 is 19.9 Å². The van der Waals surface area contributed by atoms with Gasteiger partial charge in [0.15, 0.2) is 0 Å². The average Bonchev–Trinajstić information content (AvgIpc) is 2.73. The van der Waals surface area contributed by atoms with Crippen LogP contribution in [0.4, 0.5) is 11.4 Å². The number of nitrogens with zero attached hydrogens (tertiary/aromatic N) is 1. The van der Waals surface area contributed by atoms with E-state index in [1.165, 1.54) is 7.11 Å². The van der Waals surface area contributed by atoms with E-state index < -0.39 is 5.97 Å². The van der Waals surface area contributed by atoms with Crippen molar-refractivity contribution in [3.63, 3.8) is 0 Å². The van der Waals surface area contributed by atoms with E-state index in [1.807, 2.05) is 6.07 Å². The maximum Gasteiger partial charge on any atom is 0.337 e. The molecule has 148 valence electrons. The van der Waals surface area contributed by atoms with E-state index in [0.717, 1.165) is 38.4 Å². The molecule has 7 heteroatoms. The number of benzene rings is 2. The normalized spacial score (nSPS) is 14.6. The van der Waals surface area contributed by atoms with E-state index in [1.54, 1.807) is 41.3 Å². The smallest absolute Gasteiger partial charge is 0.337 e. The Morgan fingerprint density at radius 2 is 1.89 bits per heavy atom. The summed E-state index contributed by atoms with van der Waals surface area (Å²) in [5, 5.41) is 3.31. The summed E-state index contributed by atoms with van der Waals surface area (Å²) < 4.78 is 4.82. The Balaban J connectivity index is 1.91. The molecule has 2 aromatic rings. The summed E-state index contributed by atoms with van der Waals surface area (Å²) in [5.41, 5.74) is 2.24. The van der Waals surface area contributed by atoms with Crippen molar-refractivity contribution >= 4 is 34.9 Å². The number of piperazine rings is 1. The summed E-state index contributed by atoms with van der Waals surface area (Å²) in [6.07, 6.45) is 0. The number of hydrogen-bond donors (Lipinski definition) is 2. The maximum absolute atomic E-state index is 12.8. The molecule has 1 saturated heterocycles. The molecule has 0 aliphatic carbocycles. The van der Waals surface area contributed by atoms with Crippen molar-refractivity contribution in [2.45, 2.75) is 6.92 Å². The van der Waals surface area contributed by atoms with Crippen LogP contribution in [0.5, 0.6) is 0 Å². The van der Waals surface area contributed by atoms with Gasteiger partial charge in [-0.25, -0.2) is 4.79 Å². The Morgan fingerprint density at radius 1 is 1.18 bits per heavy atom. The summed E-state index contributed by atoms with van der Waals surface area (Å²) in [7, 11) is 1.34. The minimum absolute atomic E-state index is 0.313. The number of carbonyl (C=O) groups excluding carboxylic acids is 2. The van der Waals surface area contributed by atoms with Crippen molar-refractivity contribution in [1.82, 2.24) is 0 Å². The van der Waals surface area contributed by atoms with Crippen LogP contribution in [0.2, 0.25) is 5.02 Å². The summed E-state index contributed by atoms with van der Waals surface area (Å²) in [4.78, 5) is 28.6. The van der Waals surface area contributed by atoms with E-state index in [2.05, 4.69) is 17.1 Å². The molecule has 0 spiro atoms. The zero-order valence-electron chi connectivity index (χ0n) is 16.1. The maximum atomic E-state index is 12.8. The Hall–Kier alpha value is -2.57. The number of nitrogens with one attached hydrogen (secondary N) is 2. The number of hydrogen-bond acceptors (Lipinski definition) is 4. The van der Waals surface area contributed by atoms with Crippen LogP contribution in [0.3, 0.4) is 0 Å². The second-order valence-corrected chi connectivity index (χ2v) is 7.16. The molecule has 28 heavy (non-hydrogen) atoms. The number of rotatable bonds is 5. The molecule has 0 saturated carbocycles. The van der Waals surface area contributed by atoms with Crippen LogP contribution in [-0.4, -0.2) is 51.7 Å². The van der Waals surface area contributed by atoms with Crippen LogP contribution in [0.25, 0.3) is 0 Å². The molecule has 3 rings (SSSR count). The van der Waals surface area contributed by atoms with Gasteiger partial charge in [-0.05, 0) is 37.3 Å². The molecule has 0 unspecified atom stereocenters. The van der Waals surface area contributed by atoms with Gasteiger partial charge in [-0.1, -0.05) is 23.7 Å². The molecule has 2 aromatic carbocycles. The number of amides is 1. The van der Waals surface area contributed by atoms with Gasteiger partial charge >= 0.3 is 5.97 Å². The first-order valence-electron chi connectivity index (χ1n) is 9.40. The number of carbonyl (C=O) groups is 2. The van der Waals surface area contributed by atoms with Crippen LogP contribution >= 0.6 is 11.6 Å². The predicted molar refractivity (Wildman–Crippen MR) is 111 cm³/mol. The van der Waals surface area contributed by atoms with Crippen molar-refractivity contribution in [3.05, 3.63) is 58.6 Å². The molecule has 2 N–H and O–H groups in total. The van der Waals surface area contributed by atoms with E-state index in [9.17, 15) is 9.59 Å². The molecular formula is C21H25ClN3O3+. The van der Waals surface area contributed by atoms with Crippen molar-refractivity contribution in [2.24, 2.45) is 0 Å². The van der Waals surface area contributed by atoms with Crippen molar-refractivity contribution < 1.29 is 19.2 Å². The second-order valence-electron chi connectivity index (χ2n) is 6.75. The molecule has 1 fully saturated rings. The van der Waals surface area contributed by atoms with Crippen molar-refractivity contribution in [3.8, 4) is 0 Å². The van der Waals surface area contributed by atoms with Gasteiger partial charge in [0.05, 0.1) is 67.4 Å².